The third kappa shape index (κ3) is 3.38. The van der Waals surface area contributed by atoms with E-state index >= 15 is 0 Å². The molecule has 4 rings (SSSR count). The average Bonchev–Trinajstić information content (AvgIpc) is 2.69. The Bertz CT molecular complexity index is 1330. The van der Waals surface area contributed by atoms with Crippen LogP contribution in [0.5, 0.6) is 0 Å². The summed E-state index contributed by atoms with van der Waals surface area (Å²) in [6.45, 7) is 3.41. The Morgan fingerprint density at radius 3 is 2.53 bits per heavy atom. The molecule has 2 aromatic heterocycles. The molecule has 0 bridgehead atoms. The van der Waals surface area contributed by atoms with Crippen LogP contribution in [0.1, 0.15) is 36.3 Å². The molecule has 1 N–H and O–H groups in total. The van der Waals surface area contributed by atoms with E-state index in [1.54, 1.807) is 33.0 Å². The van der Waals surface area contributed by atoms with Crippen LogP contribution in [0.4, 0.5) is 19.0 Å². The van der Waals surface area contributed by atoms with Crippen LogP contribution in [-0.4, -0.2) is 14.5 Å². The van der Waals surface area contributed by atoms with Crippen molar-refractivity contribution in [3.8, 4) is 0 Å². The van der Waals surface area contributed by atoms with Crippen molar-refractivity contribution >= 4 is 27.6 Å². The first kappa shape index (κ1) is 19.9. The van der Waals surface area contributed by atoms with Gasteiger partial charge in [0.05, 0.1) is 22.6 Å². The summed E-state index contributed by atoms with van der Waals surface area (Å²) in [5.41, 5.74) is 0.689. The maximum atomic E-state index is 14.6. The molecule has 1 atom stereocenters. The van der Waals surface area contributed by atoms with E-state index in [2.05, 4.69) is 15.3 Å². The minimum Gasteiger partial charge on any atom is -0.363 e. The van der Waals surface area contributed by atoms with Gasteiger partial charge in [-0.1, -0.05) is 18.2 Å². The van der Waals surface area contributed by atoms with Gasteiger partial charge in [0.25, 0.3) is 12.0 Å². The number of pyridine rings is 1. The Hall–Kier alpha value is -3.42. The SMILES string of the molecule is Cc1nc(NC(C)c2cccc(C(F)F)c2F)c2cc3c(ccc(=O)n3C)cc2n1. The molecule has 5 nitrogen and oxygen atoms in total. The number of hydrogen-bond donors (Lipinski definition) is 1. The Kier molecular flexibility index (Phi) is 4.93. The number of nitrogens with one attached hydrogen (secondary N) is 1. The van der Waals surface area contributed by atoms with Crippen LogP contribution >= 0.6 is 0 Å². The van der Waals surface area contributed by atoms with Crippen LogP contribution in [0.2, 0.25) is 0 Å². The third-order valence-electron chi connectivity index (χ3n) is 5.17. The van der Waals surface area contributed by atoms with Gasteiger partial charge in [0.1, 0.15) is 17.5 Å². The van der Waals surface area contributed by atoms with E-state index < -0.39 is 23.8 Å². The molecular weight excluding hydrogens is 393 g/mol. The lowest BCUT2D eigenvalue weighted by atomic mass is 10.0. The van der Waals surface area contributed by atoms with Gasteiger partial charge in [-0.2, -0.15) is 0 Å². The number of nitrogens with zero attached hydrogens (tertiary/aromatic N) is 3. The molecule has 0 amide bonds. The molecular formula is C22H19F3N4O. The molecule has 4 aromatic rings. The molecule has 8 heteroatoms. The predicted octanol–water partition coefficient (Wildman–Crippen LogP) is 5.04. The van der Waals surface area contributed by atoms with Crippen molar-refractivity contribution < 1.29 is 13.2 Å². The number of aryl methyl sites for hydroxylation is 2. The van der Waals surface area contributed by atoms with Crippen molar-refractivity contribution in [1.82, 2.24) is 14.5 Å². The maximum Gasteiger partial charge on any atom is 0.266 e. The van der Waals surface area contributed by atoms with Crippen molar-refractivity contribution in [3.63, 3.8) is 0 Å². The first-order chi connectivity index (χ1) is 14.3. The Labute approximate surface area is 170 Å². The van der Waals surface area contributed by atoms with Crippen molar-refractivity contribution in [2.24, 2.45) is 7.05 Å². The molecule has 2 heterocycles. The molecule has 0 aliphatic heterocycles. The zero-order valence-electron chi connectivity index (χ0n) is 16.6. The lowest BCUT2D eigenvalue weighted by Gasteiger charge is -2.19. The molecule has 0 spiro atoms. The highest BCUT2D eigenvalue weighted by molar-refractivity contribution is 5.99. The third-order valence-corrected chi connectivity index (χ3v) is 5.17. The van der Waals surface area contributed by atoms with E-state index in [1.807, 2.05) is 6.07 Å². The summed E-state index contributed by atoms with van der Waals surface area (Å²) in [5.74, 6) is 0.00338. The van der Waals surface area contributed by atoms with E-state index in [0.717, 1.165) is 11.5 Å². The zero-order chi connectivity index (χ0) is 21.6. The van der Waals surface area contributed by atoms with Gasteiger partial charge in [0, 0.05) is 29.4 Å². The monoisotopic (exact) mass is 412 g/mol. The van der Waals surface area contributed by atoms with Crippen LogP contribution in [0, 0.1) is 12.7 Å². The van der Waals surface area contributed by atoms with Crippen LogP contribution in [-0.2, 0) is 7.05 Å². The normalized spacial score (nSPS) is 12.6. The van der Waals surface area contributed by atoms with Crippen LogP contribution in [0.25, 0.3) is 21.8 Å². The van der Waals surface area contributed by atoms with Crippen LogP contribution < -0.4 is 10.9 Å². The number of hydrogen-bond acceptors (Lipinski definition) is 4. The summed E-state index contributed by atoms with van der Waals surface area (Å²) >= 11 is 0. The van der Waals surface area contributed by atoms with E-state index in [1.165, 1.54) is 22.8 Å². The maximum absolute atomic E-state index is 14.6. The highest BCUT2D eigenvalue weighted by Gasteiger charge is 2.20. The lowest BCUT2D eigenvalue weighted by Crippen LogP contribution is -2.15. The van der Waals surface area contributed by atoms with Gasteiger partial charge in [-0.05, 0) is 32.0 Å². The first-order valence-corrected chi connectivity index (χ1v) is 9.37. The number of aromatic nitrogens is 3. The van der Waals surface area contributed by atoms with Gasteiger partial charge in [0.15, 0.2) is 0 Å². The summed E-state index contributed by atoms with van der Waals surface area (Å²) in [6.07, 6.45) is -2.90. The van der Waals surface area contributed by atoms with E-state index in [0.29, 0.717) is 28.1 Å². The van der Waals surface area contributed by atoms with Gasteiger partial charge >= 0.3 is 0 Å². The molecule has 30 heavy (non-hydrogen) atoms. The number of alkyl halides is 2. The second-order valence-electron chi connectivity index (χ2n) is 7.20. The molecule has 0 saturated carbocycles. The Balaban J connectivity index is 1.84. The lowest BCUT2D eigenvalue weighted by molar-refractivity contribution is 0.146. The fraction of sp³-hybridized carbons (Fsp3) is 0.227. The summed E-state index contributed by atoms with van der Waals surface area (Å²) < 4.78 is 42.2. The fourth-order valence-electron chi connectivity index (χ4n) is 3.58. The number of fused-ring (bicyclic) bond motifs is 2. The highest BCUT2D eigenvalue weighted by atomic mass is 19.3. The second-order valence-corrected chi connectivity index (χ2v) is 7.20. The van der Waals surface area contributed by atoms with Gasteiger partial charge < -0.3 is 9.88 Å². The zero-order valence-corrected chi connectivity index (χ0v) is 16.6. The van der Waals surface area contributed by atoms with Crippen molar-refractivity contribution in [2.45, 2.75) is 26.3 Å². The summed E-state index contributed by atoms with van der Waals surface area (Å²) in [4.78, 5) is 20.9. The van der Waals surface area contributed by atoms with Gasteiger partial charge in [0.2, 0.25) is 0 Å². The summed E-state index contributed by atoms with van der Waals surface area (Å²) in [7, 11) is 1.67. The van der Waals surface area contributed by atoms with E-state index in [4.69, 9.17) is 0 Å². The second kappa shape index (κ2) is 7.44. The molecule has 0 aliphatic rings. The van der Waals surface area contributed by atoms with Gasteiger partial charge in [-0.15, -0.1) is 0 Å². The molecule has 0 saturated heterocycles. The smallest absolute Gasteiger partial charge is 0.266 e. The molecule has 1 unspecified atom stereocenters. The van der Waals surface area contributed by atoms with Crippen molar-refractivity contribution in [3.05, 3.63) is 75.6 Å². The van der Waals surface area contributed by atoms with Crippen LogP contribution in [0.3, 0.4) is 0 Å². The number of benzene rings is 2. The van der Waals surface area contributed by atoms with Gasteiger partial charge in [-0.3, -0.25) is 4.79 Å². The quantitative estimate of drug-likeness (QED) is 0.477. The average molecular weight is 412 g/mol. The highest BCUT2D eigenvalue weighted by Crippen LogP contribution is 2.31. The van der Waals surface area contributed by atoms with Gasteiger partial charge in [-0.25, -0.2) is 23.1 Å². The fourth-order valence-corrected chi connectivity index (χ4v) is 3.58. The number of rotatable bonds is 4. The minimum absolute atomic E-state index is 0.116. The molecule has 0 radical (unpaired) electrons. The molecule has 0 aliphatic carbocycles. The molecule has 2 aromatic carbocycles. The predicted molar refractivity (Wildman–Crippen MR) is 110 cm³/mol. The molecule has 154 valence electrons. The number of anilines is 1. The van der Waals surface area contributed by atoms with E-state index in [9.17, 15) is 18.0 Å². The standard InChI is InChI=1S/C22H19F3N4O/c1-11(14-5-4-6-15(20(14)23)21(24)25)26-22-16-10-18-13(7-8-19(30)29(18)3)9-17(16)27-12(2)28-22/h4-11,21H,1-3H3,(H,26,27,28). The Morgan fingerprint density at radius 2 is 1.80 bits per heavy atom. The van der Waals surface area contributed by atoms with Crippen molar-refractivity contribution in [2.75, 3.05) is 5.32 Å². The largest absolute Gasteiger partial charge is 0.363 e. The number of halogens is 3. The van der Waals surface area contributed by atoms with Crippen LogP contribution in [0.15, 0.2) is 47.3 Å². The topological polar surface area (TPSA) is 59.8 Å². The summed E-state index contributed by atoms with van der Waals surface area (Å²) in [5, 5.41) is 4.61. The first-order valence-electron chi connectivity index (χ1n) is 9.37. The molecule has 0 fully saturated rings. The Morgan fingerprint density at radius 1 is 1.07 bits per heavy atom. The summed E-state index contributed by atoms with van der Waals surface area (Å²) in [6, 6.07) is 10.2. The van der Waals surface area contributed by atoms with E-state index in [-0.39, 0.29) is 11.1 Å². The minimum atomic E-state index is -2.90. The van der Waals surface area contributed by atoms with Crippen molar-refractivity contribution in [1.29, 1.82) is 0 Å².